The highest BCUT2D eigenvalue weighted by Gasteiger charge is 2.37. The highest BCUT2D eigenvalue weighted by Crippen LogP contribution is 2.26. The maximum absolute atomic E-state index is 12.0. The van der Waals surface area contributed by atoms with Crippen LogP contribution in [0.5, 0.6) is 0 Å². The lowest BCUT2D eigenvalue weighted by molar-refractivity contribution is -0.139. The summed E-state index contributed by atoms with van der Waals surface area (Å²) in [5.41, 5.74) is -0.722. The number of ether oxygens (including phenoxy) is 1. The molecule has 0 bridgehead atoms. The molecule has 0 radical (unpaired) electrons. The second kappa shape index (κ2) is 6.01. The van der Waals surface area contributed by atoms with Gasteiger partial charge in [0.2, 0.25) is 0 Å². The molecule has 2 rings (SSSR count). The van der Waals surface area contributed by atoms with Gasteiger partial charge in [-0.25, -0.2) is 8.42 Å². The van der Waals surface area contributed by atoms with Gasteiger partial charge in [0.05, 0.1) is 0 Å². The Kier molecular flexibility index (Phi) is 4.73. The number of halogens is 1. The van der Waals surface area contributed by atoms with Gasteiger partial charge in [0, 0.05) is 28.7 Å². The summed E-state index contributed by atoms with van der Waals surface area (Å²) in [4.78, 5) is 12.8. The van der Waals surface area contributed by atoms with E-state index in [4.69, 9.17) is 15.4 Å². The number of carbonyl (C=O) groups excluding carboxylic acids is 1. The summed E-state index contributed by atoms with van der Waals surface area (Å²) in [5.74, 6) is -0.114. The number of thiophene rings is 1. The van der Waals surface area contributed by atoms with Gasteiger partial charge in [0.1, 0.15) is 9.81 Å². The number of hydrogen-bond acceptors (Lipinski definition) is 5. The molecule has 1 unspecified atom stereocenters. The Hall–Kier alpha value is -0.630. The van der Waals surface area contributed by atoms with Crippen LogP contribution >= 0.6 is 22.0 Å². The Morgan fingerprint density at radius 1 is 1.55 bits per heavy atom. The second-order valence-corrected chi connectivity index (χ2v) is 8.81. The smallest absolute Gasteiger partial charge is 0.270 e. The minimum atomic E-state index is -3.66. The van der Waals surface area contributed by atoms with Gasteiger partial charge in [-0.1, -0.05) is 0 Å². The van der Waals surface area contributed by atoms with Crippen LogP contribution in [0.1, 0.15) is 24.6 Å². The van der Waals surface area contributed by atoms with Crippen LogP contribution in [-0.2, 0) is 25.0 Å². The largest absolute Gasteiger partial charge is 0.365 e. The summed E-state index contributed by atoms with van der Waals surface area (Å²) in [6.45, 7) is 2.85. The zero-order chi connectivity index (χ0) is 14.8. The highest BCUT2D eigenvalue weighted by atomic mass is 35.7. The van der Waals surface area contributed by atoms with Crippen LogP contribution in [-0.4, -0.2) is 33.1 Å². The SMILES string of the molecule is CC1(C(=O)NCCc2ccc(S(=O)(=O)Cl)s2)CCCO1. The number of hydrogen-bond donors (Lipinski definition) is 1. The maximum atomic E-state index is 12.0. The van der Waals surface area contributed by atoms with E-state index in [1.807, 2.05) is 0 Å². The third-order valence-electron chi connectivity index (χ3n) is 3.23. The van der Waals surface area contributed by atoms with E-state index in [1.165, 1.54) is 6.07 Å². The van der Waals surface area contributed by atoms with E-state index in [1.54, 1.807) is 13.0 Å². The molecule has 1 aliphatic heterocycles. The van der Waals surface area contributed by atoms with Crippen LogP contribution in [0, 0.1) is 0 Å². The summed E-state index contributed by atoms with van der Waals surface area (Å²) >= 11 is 1.12. The normalized spacial score (nSPS) is 22.9. The molecule has 0 aliphatic carbocycles. The van der Waals surface area contributed by atoms with Crippen LogP contribution in [0.2, 0.25) is 0 Å². The van der Waals surface area contributed by atoms with Gasteiger partial charge in [-0.15, -0.1) is 11.3 Å². The van der Waals surface area contributed by atoms with E-state index in [0.29, 0.717) is 19.6 Å². The van der Waals surface area contributed by atoms with Crippen molar-refractivity contribution in [3.8, 4) is 0 Å². The number of amides is 1. The fourth-order valence-electron chi connectivity index (χ4n) is 2.07. The molecule has 20 heavy (non-hydrogen) atoms. The molecule has 0 spiro atoms. The van der Waals surface area contributed by atoms with Crippen LogP contribution in [0.25, 0.3) is 0 Å². The van der Waals surface area contributed by atoms with E-state index >= 15 is 0 Å². The summed E-state index contributed by atoms with van der Waals surface area (Å²) in [6, 6.07) is 3.19. The summed E-state index contributed by atoms with van der Waals surface area (Å²) in [6.07, 6.45) is 2.19. The maximum Gasteiger partial charge on any atom is 0.270 e. The van der Waals surface area contributed by atoms with Crippen molar-refractivity contribution in [1.29, 1.82) is 0 Å². The quantitative estimate of drug-likeness (QED) is 0.833. The van der Waals surface area contributed by atoms with Gasteiger partial charge < -0.3 is 10.1 Å². The molecule has 1 aliphatic rings. The monoisotopic (exact) mass is 337 g/mol. The summed E-state index contributed by atoms with van der Waals surface area (Å²) in [5, 5.41) is 2.82. The molecule has 1 fully saturated rings. The molecule has 2 heterocycles. The van der Waals surface area contributed by atoms with Crippen LogP contribution in [0.4, 0.5) is 0 Å². The minimum Gasteiger partial charge on any atom is -0.365 e. The molecule has 1 aromatic heterocycles. The molecular weight excluding hydrogens is 322 g/mol. The lowest BCUT2D eigenvalue weighted by Crippen LogP contribution is -2.44. The van der Waals surface area contributed by atoms with Crippen molar-refractivity contribution in [2.45, 2.75) is 36.0 Å². The lowest BCUT2D eigenvalue weighted by Gasteiger charge is -2.21. The van der Waals surface area contributed by atoms with E-state index in [2.05, 4.69) is 5.32 Å². The predicted octanol–water partition coefficient (Wildman–Crippen LogP) is 1.90. The number of carbonyl (C=O) groups is 1. The van der Waals surface area contributed by atoms with Gasteiger partial charge in [-0.3, -0.25) is 4.79 Å². The Labute approximate surface area is 126 Å². The molecule has 0 aromatic carbocycles. The first-order chi connectivity index (χ1) is 9.31. The van der Waals surface area contributed by atoms with Crippen molar-refractivity contribution in [1.82, 2.24) is 5.32 Å². The molecule has 8 heteroatoms. The van der Waals surface area contributed by atoms with Gasteiger partial charge in [0.15, 0.2) is 0 Å². The summed E-state index contributed by atoms with van der Waals surface area (Å²) < 4.78 is 27.8. The molecule has 5 nitrogen and oxygen atoms in total. The van der Waals surface area contributed by atoms with Crippen molar-refractivity contribution in [2.24, 2.45) is 0 Å². The number of nitrogens with one attached hydrogen (secondary N) is 1. The Bertz CT molecular complexity index is 590. The number of rotatable bonds is 5. The van der Waals surface area contributed by atoms with Crippen molar-refractivity contribution >= 4 is 37.0 Å². The predicted molar refractivity (Wildman–Crippen MR) is 77.7 cm³/mol. The van der Waals surface area contributed by atoms with Crippen LogP contribution in [0.3, 0.4) is 0 Å². The van der Waals surface area contributed by atoms with E-state index in [9.17, 15) is 13.2 Å². The van der Waals surface area contributed by atoms with Crippen molar-refractivity contribution in [2.75, 3.05) is 13.2 Å². The molecule has 112 valence electrons. The second-order valence-electron chi connectivity index (χ2n) is 4.85. The minimum absolute atomic E-state index is 0.114. The first kappa shape index (κ1) is 15.8. The third kappa shape index (κ3) is 3.72. The van der Waals surface area contributed by atoms with E-state index in [0.717, 1.165) is 29.1 Å². The van der Waals surface area contributed by atoms with Gasteiger partial charge >= 0.3 is 0 Å². The zero-order valence-electron chi connectivity index (χ0n) is 11.0. The molecule has 1 atom stereocenters. The van der Waals surface area contributed by atoms with Gasteiger partial charge in [0.25, 0.3) is 15.0 Å². The average Bonchev–Trinajstić information content (AvgIpc) is 2.98. The summed E-state index contributed by atoms with van der Waals surface area (Å²) in [7, 11) is 1.59. The molecule has 1 saturated heterocycles. The van der Waals surface area contributed by atoms with Crippen molar-refractivity contribution in [3.05, 3.63) is 17.0 Å². The van der Waals surface area contributed by atoms with E-state index in [-0.39, 0.29) is 10.1 Å². The first-order valence-electron chi connectivity index (χ1n) is 6.27. The topological polar surface area (TPSA) is 72.5 Å². The average molecular weight is 338 g/mol. The Morgan fingerprint density at radius 3 is 2.85 bits per heavy atom. The zero-order valence-corrected chi connectivity index (χ0v) is 13.4. The lowest BCUT2D eigenvalue weighted by atomic mass is 10.0. The fraction of sp³-hybridized carbons (Fsp3) is 0.583. The van der Waals surface area contributed by atoms with Crippen molar-refractivity contribution in [3.63, 3.8) is 0 Å². The fourth-order valence-corrected chi connectivity index (χ4v) is 4.19. The highest BCUT2D eigenvalue weighted by molar-refractivity contribution is 8.15. The van der Waals surface area contributed by atoms with Gasteiger partial charge in [-0.2, -0.15) is 0 Å². The van der Waals surface area contributed by atoms with Crippen LogP contribution in [0.15, 0.2) is 16.3 Å². The first-order valence-corrected chi connectivity index (χ1v) is 9.39. The third-order valence-corrected chi connectivity index (χ3v) is 6.47. The van der Waals surface area contributed by atoms with Crippen molar-refractivity contribution < 1.29 is 17.9 Å². The molecular formula is C12H16ClNO4S2. The van der Waals surface area contributed by atoms with Crippen LogP contribution < -0.4 is 5.32 Å². The standard InChI is InChI=1S/C12H16ClNO4S2/c1-12(6-2-8-18-12)11(15)14-7-5-9-3-4-10(19-9)20(13,16)17/h3-4H,2,5-8H2,1H3,(H,14,15). The Balaban J connectivity index is 1.84. The Morgan fingerprint density at radius 2 is 2.30 bits per heavy atom. The molecule has 1 amide bonds. The molecule has 1 N–H and O–H groups in total. The van der Waals surface area contributed by atoms with Gasteiger partial charge in [-0.05, 0) is 38.3 Å². The van der Waals surface area contributed by atoms with E-state index < -0.39 is 14.7 Å². The molecule has 1 aromatic rings. The molecule has 0 saturated carbocycles.